The second-order valence-electron chi connectivity index (χ2n) is 6.95. The first-order valence-electron chi connectivity index (χ1n) is 9.07. The van der Waals surface area contributed by atoms with Crippen LogP contribution in [-0.2, 0) is 20.3 Å². The molecule has 4 rings (SSSR count). The predicted molar refractivity (Wildman–Crippen MR) is 105 cm³/mol. The van der Waals surface area contributed by atoms with Crippen LogP contribution in [0.5, 0.6) is 11.5 Å². The third kappa shape index (κ3) is 4.01. The van der Waals surface area contributed by atoms with Crippen molar-refractivity contribution in [3.8, 4) is 11.5 Å². The number of hydrogen-bond donors (Lipinski definition) is 0. The summed E-state index contributed by atoms with van der Waals surface area (Å²) in [6.07, 6.45) is -0.391. The molecule has 0 N–H and O–H groups in total. The third-order valence-corrected chi connectivity index (χ3v) is 5.19. The standard InChI is InChI=1S/C20H20F2N4O2S/c1-24(10-13-7-8-14(21)9-15(13)22)12-26-20(29)25(2)19(23-26)18-11-27-16-5-3-4-6-17(16)28-18/h3-9,18H,10-12H2,1-2H3. The Morgan fingerprint density at radius 3 is 2.72 bits per heavy atom. The van der Waals surface area contributed by atoms with E-state index >= 15 is 0 Å². The number of benzene rings is 2. The van der Waals surface area contributed by atoms with Crippen LogP contribution in [0.1, 0.15) is 17.5 Å². The van der Waals surface area contributed by atoms with Gasteiger partial charge < -0.3 is 14.0 Å². The second-order valence-corrected chi connectivity index (χ2v) is 7.32. The molecule has 0 radical (unpaired) electrons. The van der Waals surface area contributed by atoms with Crippen molar-refractivity contribution in [2.45, 2.75) is 19.3 Å². The van der Waals surface area contributed by atoms with Gasteiger partial charge in [0.05, 0.1) is 6.67 Å². The van der Waals surface area contributed by atoms with Gasteiger partial charge in [-0.05, 0) is 37.5 Å². The fraction of sp³-hybridized carbons (Fsp3) is 0.300. The highest BCUT2D eigenvalue weighted by Crippen LogP contribution is 2.35. The largest absolute Gasteiger partial charge is 0.485 e. The van der Waals surface area contributed by atoms with E-state index in [0.29, 0.717) is 40.9 Å². The Balaban J connectivity index is 1.50. The van der Waals surface area contributed by atoms with Gasteiger partial charge in [-0.1, -0.05) is 18.2 Å². The van der Waals surface area contributed by atoms with Crippen LogP contribution in [0, 0.1) is 16.4 Å². The lowest BCUT2D eigenvalue weighted by molar-refractivity contribution is 0.0821. The van der Waals surface area contributed by atoms with Gasteiger partial charge in [0.15, 0.2) is 28.2 Å². The topological polar surface area (TPSA) is 44.5 Å². The molecular weight excluding hydrogens is 398 g/mol. The van der Waals surface area contributed by atoms with Crippen LogP contribution >= 0.6 is 12.2 Å². The normalized spacial score (nSPS) is 15.7. The smallest absolute Gasteiger partial charge is 0.198 e. The average molecular weight is 418 g/mol. The summed E-state index contributed by atoms with van der Waals surface area (Å²) in [5.41, 5.74) is 0.400. The summed E-state index contributed by atoms with van der Waals surface area (Å²) >= 11 is 5.50. The summed E-state index contributed by atoms with van der Waals surface area (Å²) < 4.78 is 42.8. The molecule has 29 heavy (non-hydrogen) atoms. The molecule has 0 amide bonds. The highest BCUT2D eigenvalue weighted by atomic mass is 32.1. The van der Waals surface area contributed by atoms with Gasteiger partial charge in [-0.2, -0.15) is 5.10 Å². The van der Waals surface area contributed by atoms with Crippen LogP contribution in [-0.4, -0.2) is 32.9 Å². The number of rotatable bonds is 5. The van der Waals surface area contributed by atoms with E-state index < -0.39 is 17.7 Å². The predicted octanol–water partition coefficient (Wildman–Crippen LogP) is 3.83. The Morgan fingerprint density at radius 2 is 1.97 bits per heavy atom. The molecule has 0 fully saturated rings. The van der Waals surface area contributed by atoms with Crippen molar-refractivity contribution < 1.29 is 18.3 Å². The minimum absolute atomic E-state index is 0.288. The second kappa shape index (κ2) is 7.92. The molecule has 6 nitrogen and oxygen atoms in total. The molecule has 0 bridgehead atoms. The van der Waals surface area contributed by atoms with Crippen LogP contribution < -0.4 is 9.47 Å². The molecule has 1 atom stereocenters. The number of nitrogens with zero attached hydrogens (tertiary/aromatic N) is 4. The molecule has 1 aromatic heterocycles. The Bertz CT molecular complexity index is 1100. The van der Waals surface area contributed by atoms with E-state index in [-0.39, 0.29) is 6.54 Å². The first kappa shape index (κ1) is 19.5. The van der Waals surface area contributed by atoms with Crippen molar-refractivity contribution in [2.75, 3.05) is 13.7 Å². The first-order chi connectivity index (χ1) is 13.9. The number of ether oxygens (including phenoxy) is 2. The Morgan fingerprint density at radius 1 is 1.21 bits per heavy atom. The maximum absolute atomic E-state index is 13.9. The summed E-state index contributed by atoms with van der Waals surface area (Å²) in [5.74, 6) is 0.833. The third-order valence-electron chi connectivity index (χ3n) is 4.70. The quantitative estimate of drug-likeness (QED) is 0.590. The SMILES string of the molecule is CN(Cc1ccc(F)cc1F)Cn1nc(C2COc3ccccc3O2)n(C)c1=S. The number of halogens is 2. The van der Waals surface area contributed by atoms with E-state index in [4.69, 9.17) is 21.7 Å². The summed E-state index contributed by atoms with van der Waals surface area (Å²) in [4.78, 5) is 1.84. The van der Waals surface area contributed by atoms with E-state index in [0.717, 1.165) is 6.07 Å². The van der Waals surface area contributed by atoms with Gasteiger partial charge in [0.2, 0.25) is 0 Å². The van der Waals surface area contributed by atoms with Crippen LogP contribution in [0.25, 0.3) is 0 Å². The number of fused-ring (bicyclic) bond motifs is 1. The summed E-state index contributed by atoms with van der Waals surface area (Å²) in [5, 5.41) is 4.60. The zero-order valence-electron chi connectivity index (χ0n) is 16.0. The van der Waals surface area contributed by atoms with Gasteiger partial charge >= 0.3 is 0 Å². The molecule has 0 aliphatic carbocycles. The number of hydrogen-bond acceptors (Lipinski definition) is 5. The average Bonchev–Trinajstić information content (AvgIpc) is 2.98. The van der Waals surface area contributed by atoms with Gasteiger partial charge in [-0.15, -0.1) is 0 Å². The van der Waals surface area contributed by atoms with Gasteiger partial charge in [0, 0.05) is 25.2 Å². The van der Waals surface area contributed by atoms with E-state index in [2.05, 4.69) is 5.10 Å². The molecule has 0 saturated heterocycles. The van der Waals surface area contributed by atoms with Crippen LogP contribution in [0.2, 0.25) is 0 Å². The lowest BCUT2D eigenvalue weighted by Gasteiger charge is -2.25. The molecule has 9 heteroatoms. The van der Waals surface area contributed by atoms with E-state index in [1.807, 2.05) is 43.3 Å². The van der Waals surface area contributed by atoms with Crippen LogP contribution in [0.15, 0.2) is 42.5 Å². The van der Waals surface area contributed by atoms with E-state index in [1.165, 1.54) is 12.1 Å². The summed E-state index contributed by atoms with van der Waals surface area (Å²) in [7, 11) is 3.64. The maximum atomic E-state index is 13.9. The Kier molecular flexibility index (Phi) is 5.33. The summed E-state index contributed by atoms with van der Waals surface area (Å²) in [6.45, 7) is 0.955. The minimum Gasteiger partial charge on any atom is -0.485 e. The molecule has 1 aliphatic heterocycles. The van der Waals surface area contributed by atoms with Crippen molar-refractivity contribution >= 4 is 12.2 Å². The van der Waals surface area contributed by atoms with E-state index in [9.17, 15) is 8.78 Å². The lowest BCUT2D eigenvalue weighted by Crippen LogP contribution is -2.25. The van der Waals surface area contributed by atoms with Crippen LogP contribution in [0.3, 0.4) is 0 Å². The molecule has 152 valence electrons. The molecule has 3 aromatic rings. The highest BCUT2D eigenvalue weighted by molar-refractivity contribution is 7.71. The molecule has 0 saturated carbocycles. The van der Waals surface area contributed by atoms with Crippen LogP contribution in [0.4, 0.5) is 8.78 Å². The fourth-order valence-electron chi connectivity index (χ4n) is 3.24. The van der Waals surface area contributed by atoms with Crippen molar-refractivity contribution in [2.24, 2.45) is 7.05 Å². The molecule has 2 heterocycles. The monoisotopic (exact) mass is 418 g/mol. The maximum Gasteiger partial charge on any atom is 0.198 e. The Hall–Kier alpha value is -2.78. The number of aromatic nitrogens is 3. The van der Waals surface area contributed by atoms with Crippen molar-refractivity contribution in [3.05, 3.63) is 70.3 Å². The minimum atomic E-state index is -0.596. The summed E-state index contributed by atoms with van der Waals surface area (Å²) in [6, 6.07) is 11.0. The fourth-order valence-corrected chi connectivity index (χ4v) is 3.44. The van der Waals surface area contributed by atoms with Gasteiger partial charge in [0.25, 0.3) is 0 Å². The zero-order chi connectivity index (χ0) is 20.5. The molecular formula is C20H20F2N4O2S. The van der Waals surface area contributed by atoms with E-state index in [1.54, 1.807) is 9.25 Å². The first-order valence-corrected chi connectivity index (χ1v) is 9.48. The Labute approximate surface area is 171 Å². The van der Waals surface area contributed by atoms with Gasteiger partial charge in [-0.3, -0.25) is 4.90 Å². The lowest BCUT2D eigenvalue weighted by atomic mass is 10.2. The van der Waals surface area contributed by atoms with Gasteiger partial charge in [-0.25, -0.2) is 13.5 Å². The zero-order valence-corrected chi connectivity index (χ0v) is 16.8. The highest BCUT2D eigenvalue weighted by Gasteiger charge is 2.27. The number of para-hydroxylation sites is 2. The molecule has 1 aliphatic rings. The molecule has 0 spiro atoms. The molecule has 1 unspecified atom stereocenters. The van der Waals surface area contributed by atoms with Crippen molar-refractivity contribution in [1.82, 2.24) is 19.2 Å². The van der Waals surface area contributed by atoms with Gasteiger partial charge in [0.1, 0.15) is 18.2 Å². The van der Waals surface area contributed by atoms with Crippen molar-refractivity contribution in [1.29, 1.82) is 0 Å². The molecule has 2 aromatic carbocycles. The van der Waals surface area contributed by atoms with Crippen molar-refractivity contribution in [3.63, 3.8) is 0 Å².